The molecular weight excluding hydrogens is 312 g/mol. The molecule has 1 aromatic carbocycles. The first kappa shape index (κ1) is 17.5. The number of anilines is 1. The fourth-order valence-electron chi connectivity index (χ4n) is 1.74. The Morgan fingerprint density at radius 2 is 1.90 bits per heavy atom. The van der Waals surface area contributed by atoms with Crippen molar-refractivity contribution in [3.8, 4) is 0 Å². The van der Waals surface area contributed by atoms with Crippen molar-refractivity contribution in [3.05, 3.63) is 41.9 Å². The van der Waals surface area contributed by atoms with E-state index in [0.717, 1.165) is 5.56 Å². The van der Waals surface area contributed by atoms with Gasteiger partial charge in [0.15, 0.2) is 5.03 Å². The second kappa shape index (κ2) is 6.93. The summed E-state index contributed by atoms with van der Waals surface area (Å²) >= 11 is 0. The summed E-state index contributed by atoms with van der Waals surface area (Å²) in [4.78, 5) is 4.02. The highest BCUT2D eigenvalue weighted by molar-refractivity contribution is 7.89. The van der Waals surface area contributed by atoms with Crippen molar-refractivity contribution in [2.24, 2.45) is 7.05 Å². The second-order valence-corrected chi connectivity index (χ2v) is 6.34. The number of sulfonamides is 1. The van der Waals surface area contributed by atoms with Gasteiger partial charge in [0.1, 0.15) is 5.82 Å². The second-order valence-electron chi connectivity index (χ2n) is 4.63. The Kier molecular flexibility index (Phi) is 5.77. The lowest BCUT2D eigenvalue weighted by Gasteiger charge is -2.04. The largest absolute Gasteiger partial charge is 0.399 e. The Bertz CT molecular complexity index is 676. The third-order valence-corrected chi connectivity index (χ3v) is 4.38. The van der Waals surface area contributed by atoms with E-state index < -0.39 is 10.0 Å². The zero-order valence-electron chi connectivity index (χ0n) is 11.9. The predicted octanol–water partition coefficient (Wildman–Crippen LogP) is 1.25. The van der Waals surface area contributed by atoms with Gasteiger partial charge >= 0.3 is 0 Å². The zero-order valence-corrected chi connectivity index (χ0v) is 13.5. The van der Waals surface area contributed by atoms with E-state index in [0.29, 0.717) is 24.5 Å². The molecule has 0 saturated carbocycles. The smallest absolute Gasteiger partial charge is 0.259 e. The highest BCUT2D eigenvalue weighted by atomic mass is 35.5. The molecule has 0 aliphatic carbocycles. The van der Waals surface area contributed by atoms with Crippen LogP contribution in [-0.4, -0.2) is 24.5 Å². The number of halogens is 1. The van der Waals surface area contributed by atoms with Crippen LogP contribution in [0.4, 0.5) is 5.69 Å². The molecule has 2 aromatic rings. The van der Waals surface area contributed by atoms with Crippen LogP contribution in [0.25, 0.3) is 0 Å². The molecule has 116 valence electrons. The summed E-state index contributed by atoms with van der Waals surface area (Å²) in [6.45, 7) is 2.08. The number of nitrogens with two attached hydrogens (primary N) is 1. The summed E-state index contributed by atoms with van der Waals surface area (Å²) in [5.41, 5.74) is 7.31. The van der Waals surface area contributed by atoms with E-state index in [-0.39, 0.29) is 17.4 Å². The molecule has 0 amide bonds. The van der Waals surface area contributed by atoms with Gasteiger partial charge in [-0.1, -0.05) is 12.1 Å². The standard InChI is InChI=1S/C13H18N4O2S.ClH/c1-10-16-13(9-17(10)2)20(18,19)15-8-7-11-3-5-12(14)6-4-11;/h3-6,9,15H,7-8,14H2,1-2H3;1H. The number of rotatable bonds is 5. The Morgan fingerprint density at radius 3 is 2.43 bits per heavy atom. The number of imidazole rings is 1. The van der Waals surface area contributed by atoms with Gasteiger partial charge in [-0.2, -0.15) is 0 Å². The third-order valence-electron chi connectivity index (χ3n) is 3.05. The predicted molar refractivity (Wildman–Crippen MR) is 84.9 cm³/mol. The zero-order chi connectivity index (χ0) is 14.8. The van der Waals surface area contributed by atoms with Crippen LogP contribution in [-0.2, 0) is 23.5 Å². The molecular formula is C13H19ClN4O2S. The van der Waals surface area contributed by atoms with Crippen molar-refractivity contribution in [1.29, 1.82) is 0 Å². The Balaban J connectivity index is 0.00000220. The number of nitrogen functional groups attached to an aromatic ring is 1. The van der Waals surface area contributed by atoms with Crippen LogP contribution in [0, 0.1) is 6.92 Å². The normalized spacial score (nSPS) is 11.1. The van der Waals surface area contributed by atoms with E-state index in [1.165, 1.54) is 6.20 Å². The molecule has 0 saturated heterocycles. The molecule has 1 heterocycles. The van der Waals surface area contributed by atoms with E-state index in [1.54, 1.807) is 30.7 Å². The molecule has 0 atom stereocenters. The lowest BCUT2D eigenvalue weighted by molar-refractivity contribution is 0.578. The molecule has 6 nitrogen and oxygen atoms in total. The molecule has 8 heteroatoms. The lowest BCUT2D eigenvalue weighted by Crippen LogP contribution is -2.26. The van der Waals surface area contributed by atoms with Crippen LogP contribution in [0.3, 0.4) is 0 Å². The van der Waals surface area contributed by atoms with Gasteiger partial charge in [0.05, 0.1) is 0 Å². The molecule has 0 bridgehead atoms. The van der Waals surface area contributed by atoms with Gasteiger partial charge in [-0.25, -0.2) is 18.1 Å². The quantitative estimate of drug-likeness (QED) is 0.807. The minimum atomic E-state index is -3.55. The van der Waals surface area contributed by atoms with Gasteiger partial charge in [0.2, 0.25) is 0 Å². The molecule has 21 heavy (non-hydrogen) atoms. The minimum absolute atomic E-state index is 0. The van der Waals surface area contributed by atoms with Crippen LogP contribution in [0.1, 0.15) is 11.4 Å². The summed E-state index contributed by atoms with van der Waals surface area (Å²) < 4.78 is 28.3. The molecule has 1 aromatic heterocycles. The van der Waals surface area contributed by atoms with Crippen LogP contribution < -0.4 is 10.5 Å². The molecule has 0 spiro atoms. The van der Waals surface area contributed by atoms with Crippen LogP contribution in [0.5, 0.6) is 0 Å². The number of hydrogen-bond donors (Lipinski definition) is 2. The summed E-state index contributed by atoms with van der Waals surface area (Å²) in [7, 11) is -1.79. The van der Waals surface area contributed by atoms with Crippen LogP contribution in [0.15, 0.2) is 35.5 Å². The molecule has 3 N–H and O–H groups in total. The fraction of sp³-hybridized carbons (Fsp3) is 0.308. The first-order valence-corrected chi connectivity index (χ1v) is 7.71. The van der Waals surface area contributed by atoms with Gasteiger partial charge in [0.25, 0.3) is 10.0 Å². The Labute approximate surface area is 130 Å². The number of hydrogen-bond acceptors (Lipinski definition) is 4. The van der Waals surface area contributed by atoms with Gasteiger partial charge in [-0.05, 0) is 31.0 Å². The van der Waals surface area contributed by atoms with Crippen molar-refractivity contribution in [2.75, 3.05) is 12.3 Å². The molecule has 0 fully saturated rings. The first-order valence-electron chi connectivity index (χ1n) is 6.22. The maximum atomic E-state index is 12.0. The maximum absolute atomic E-state index is 12.0. The molecule has 0 aliphatic rings. The van der Waals surface area contributed by atoms with Crippen LogP contribution >= 0.6 is 12.4 Å². The van der Waals surface area contributed by atoms with Crippen molar-refractivity contribution in [3.63, 3.8) is 0 Å². The first-order chi connectivity index (χ1) is 9.38. The van der Waals surface area contributed by atoms with Crippen molar-refractivity contribution >= 4 is 28.1 Å². The Morgan fingerprint density at radius 1 is 1.29 bits per heavy atom. The van der Waals surface area contributed by atoms with E-state index in [4.69, 9.17) is 5.73 Å². The number of nitrogens with zero attached hydrogens (tertiary/aromatic N) is 2. The highest BCUT2D eigenvalue weighted by Crippen LogP contribution is 2.08. The summed E-state index contributed by atoms with van der Waals surface area (Å²) in [5, 5.41) is 0.0507. The minimum Gasteiger partial charge on any atom is -0.399 e. The monoisotopic (exact) mass is 330 g/mol. The lowest BCUT2D eigenvalue weighted by atomic mass is 10.1. The number of benzene rings is 1. The van der Waals surface area contributed by atoms with Crippen molar-refractivity contribution in [2.45, 2.75) is 18.4 Å². The van der Waals surface area contributed by atoms with Gasteiger partial charge in [-0.15, -0.1) is 12.4 Å². The van der Waals surface area contributed by atoms with Gasteiger partial charge < -0.3 is 10.3 Å². The Hall–Kier alpha value is -1.57. The van der Waals surface area contributed by atoms with Crippen LogP contribution in [0.2, 0.25) is 0 Å². The van der Waals surface area contributed by atoms with E-state index >= 15 is 0 Å². The van der Waals surface area contributed by atoms with Gasteiger partial charge in [0, 0.05) is 25.5 Å². The number of nitrogens with one attached hydrogen (secondary N) is 1. The maximum Gasteiger partial charge on any atom is 0.259 e. The molecule has 0 unspecified atom stereocenters. The van der Waals surface area contributed by atoms with E-state index in [2.05, 4.69) is 9.71 Å². The van der Waals surface area contributed by atoms with Crippen molar-refractivity contribution in [1.82, 2.24) is 14.3 Å². The highest BCUT2D eigenvalue weighted by Gasteiger charge is 2.17. The topological polar surface area (TPSA) is 90.0 Å². The summed E-state index contributed by atoms with van der Waals surface area (Å²) in [6.07, 6.45) is 2.10. The fourth-order valence-corrected chi connectivity index (χ4v) is 2.81. The summed E-state index contributed by atoms with van der Waals surface area (Å²) in [5.74, 6) is 0.656. The van der Waals surface area contributed by atoms with Crippen molar-refractivity contribution < 1.29 is 8.42 Å². The SMILES string of the molecule is Cc1nc(S(=O)(=O)NCCc2ccc(N)cc2)cn1C.Cl. The number of aromatic nitrogens is 2. The average molecular weight is 331 g/mol. The van der Waals surface area contributed by atoms with E-state index in [1.807, 2.05) is 12.1 Å². The molecule has 0 aliphatic heterocycles. The average Bonchev–Trinajstić information content (AvgIpc) is 2.73. The van der Waals surface area contributed by atoms with Gasteiger partial charge in [-0.3, -0.25) is 0 Å². The molecule has 2 rings (SSSR count). The summed E-state index contributed by atoms with van der Waals surface area (Å²) in [6, 6.07) is 7.36. The van der Waals surface area contributed by atoms with E-state index in [9.17, 15) is 8.42 Å². The molecule has 0 radical (unpaired) electrons. The number of aryl methyl sites for hydroxylation is 2. The third kappa shape index (κ3) is 4.45.